The van der Waals surface area contributed by atoms with Crippen molar-refractivity contribution in [2.75, 3.05) is 6.61 Å². The number of nitrogens with one attached hydrogen (secondary N) is 1. The van der Waals surface area contributed by atoms with Crippen molar-refractivity contribution in [2.45, 2.75) is 26.2 Å². The summed E-state index contributed by atoms with van der Waals surface area (Å²) in [5.74, 6) is -0.390. The smallest absolute Gasteiger partial charge is 0.310 e. The molecule has 1 aromatic carbocycles. The van der Waals surface area contributed by atoms with Gasteiger partial charge in [-0.3, -0.25) is 9.59 Å². The number of carbonyl (C=O) groups excluding carboxylic acids is 1. The highest BCUT2D eigenvalue weighted by Crippen LogP contribution is 2.22. The molecule has 24 heavy (non-hydrogen) atoms. The third-order valence-corrected chi connectivity index (χ3v) is 4.48. The Balaban J connectivity index is 2.29. The van der Waals surface area contributed by atoms with Crippen molar-refractivity contribution in [1.82, 2.24) is 4.98 Å². The van der Waals surface area contributed by atoms with Crippen molar-refractivity contribution in [3.63, 3.8) is 0 Å². The standard InChI is InChI=1S/C19H18BrNO3/c1-2-24-17(22)11-15-18(12-6-5-7-13(20)10-12)14-8-3-4-9-16(14)21-19(15)23/h5-10H,2-4,11H2,1H3,(H,21,23). The van der Waals surface area contributed by atoms with Gasteiger partial charge in [0.2, 0.25) is 0 Å². The molecular formula is C19H18BrNO3. The van der Waals surface area contributed by atoms with Gasteiger partial charge in [-0.25, -0.2) is 0 Å². The topological polar surface area (TPSA) is 59.2 Å². The number of H-pyrrole nitrogens is 1. The number of esters is 1. The number of ether oxygens (including phenoxy) is 1. The van der Waals surface area contributed by atoms with Crippen LogP contribution in [0, 0.1) is 0 Å². The molecule has 0 unspecified atom stereocenters. The quantitative estimate of drug-likeness (QED) is 0.818. The first-order chi connectivity index (χ1) is 11.6. The molecule has 0 bridgehead atoms. The molecule has 2 aromatic rings. The number of rotatable bonds is 4. The monoisotopic (exact) mass is 387 g/mol. The zero-order chi connectivity index (χ0) is 17.1. The highest BCUT2D eigenvalue weighted by atomic mass is 79.9. The minimum Gasteiger partial charge on any atom is -0.466 e. The largest absolute Gasteiger partial charge is 0.466 e. The highest BCUT2D eigenvalue weighted by Gasteiger charge is 2.17. The molecule has 124 valence electrons. The van der Waals surface area contributed by atoms with E-state index in [1.54, 1.807) is 6.92 Å². The molecule has 1 aliphatic rings. The van der Waals surface area contributed by atoms with Gasteiger partial charge in [-0.05, 0) is 43.0 Å². The molecule has 1 aliphatic carbocycles. The summed E-state index contributed by atoms with van der Waals surface area (Å²) in [6, 6.07) is 7.78. The van der Waals surface area contributed by atoms with Gasteiger partial charge in [-0.15, -0.1) is 0 Å². The minimum absolute atomic E-state index is 0.0356. The van der Waals surface area contributed by atoms with Gasteiger partial charge < -0.3 is 9.72 Å². The molecule has 0 aliphatic heterocycles. The second-order valence-corrected chi connectivity index (χ2v) is 6.53. The summed E-state index contributed by atoms with van der Waals surface area (Å²) in [7, 11) is 0. The Hall–Kier alpha value is -2.14. The average molecular weight is 388 g/mol. The molecule has 1 heterocycles. The van der Waals surface area contributed by atoms with Gasteiger partial charge in [0.05, 0.1) is 13.0 Å². The molecule has 0 saturated carbocycles. The molecule has 1 N–H and O–H groups in total. The number of fused-ring (bicyclic) bond motifs is 1. The van der Waals surface area contributed by atoms with E-state index in [0.29, 0.717) is 12.2 Å². The predicted octanol–water partition coefficient (Wildman–Crippen LogP) is 2.26. The van der Waals surface area contributed by atoms with Gasteiger partial charge in [-0.1, -0.05) is 40.2 Å². The first-order valence-corrected chi connectivity index (χ1v) is 8.76. The van der Waals surface area contributed by atoms with E-state index >= 15 is 0 Å². The molecule has 0 amide bonds. The summed E-state index contributed by atoms with van der Waals surface area (Å²) in [6.07, 6.45) is 5.94. The Kier molecular flexibility index (Phi) is 5.00. The number of aromatic amines is 1. The van der Waals surface area contributed by atoms with Crippen LogP contribution in [0.2, 0.25) is 0 Å². The van der Waals surface area contributed by atoms with Crippen LogP contribution in [-0.4, -0.2) is 17.6 Å². The lowest BCUT2D eigenvalue weighted by atomic mass is 9.94. The molecular weight excluding hydrogens is 370 g/mol. The Morgan fingerprint density at radius 1 is 1.29 bits per heavy atom. The predicted molar refractivity (Wildman–Crippen MR) is 97.9 cm³/mol. The summed E-state index contributed by atoms with van der Waals surface area (Å²) in [5.41, 5.74) is 1.96. The number of carbonyl (C=O) groups is 1. The SMILES string of the molecule is CCOC(=O)Cc1c(-c2cccc(Br)c2)c2c([nH]c1=O)=CCCC=2. The van der Waals surface area contributed by atoms with Crippen LogP contribution in [0.25, 0.3) is 23.3 Å². The van der Waals surface area contributed by atoms with E-state index in [1.807, 2.05) is 30.3 Å². The summed E-state index contributed by atoms with van der Waals surface area (Å²) in [6.45, 7) is 2.06. The zero-order valence-electron chi connectivity index (χ0n) is 13.4. The summed E-state index contributed by atoms with van der Waals surface area (Å²) in [4.78, 5) is 27.5. The Labute approximate surface area is 148 Å². The number of pyridine rings is 1. The number of aromatic nitrogens is 1. The van der Waals surface area contributed by atoms with Crippen LogP contribution < -0.4 is 16.1 Å². The molecule has 0 fully saturated rings. The van der Waals surface area contributed by atoms with Gasteiger partial charge in [0, 0.05) is 20.6 Å². The maximum absolute atomic E-state index is 12.6. The van der Waals surface area contributed by atoms with Crippen LogP contribution >= 0.6 is 15.9 Å². The van der Waals surface area contributed by atoms with E-state index in [2.05, 4.69) is 27.0 Å². The van der Waals surface area contributed by atoms with Crippen molar-refractivity contribution in [3.8, 4) is 11.1 Å². The van der Waals surface area contributed by atoms with E-state index in [-0.39, 0.29) is 17.9 Å². The molecule has 4 nitrogen and oxygen atoms in total. The van der Waals surface area contributed by atoms with E-state index in [4.69, 9.17) is 4.74 Å². The van der Waals surface area contributed by atoms with Gasteiger partial charge in [0.15, 0.2) is 0 Å². The van der Waals surface area contributed by atoms with Crippen LogP contribution in [0.1, 0.15) is 25.3 Å². The second-order valence-electron chi connectivity index (χ2n) is 5.61. The maximum atomic E-state index is 12.6. The van der Waals surface area contributed by atoms with Crippen molar-refractivity contribution in [1.29, 1.82) is 0 Å². The molecule has 0 radical (unpaired) electrons. The minimum atomic E-state index is -0.390. The third kappa shape index (κ3) is 3.36. The average Bonchev–Trinajstić information content (AvgIpc) is 2.55. The van der Waals surface area contributed by atoms with Crippen LogP contribution in [-0.2, 0) is 16.0 Å². The molecule has 0 spiro atoms. The summed E-state index contributed by atoms with van der Waals surface area (Å²) < 4.78 is 5.97. The van der Waals surface area contributed by atoms with Crippen molar-refractivity contribution in [2.24, 2.45) is 0 Å². The fourth-order valence-corrected chi connectivity index (χ4v) is 3.40. The summed E-state index contributed by atoms with van der Waals surface area (Å²) in [5, 5.41) is 1.81. The van der Waals surface area contributed by atoms with Crippen LogP contribution in [0.4, 0.5) is 0 Å². The fourth-order valence-electron chi connectivity index (χ4n) is 3.00. The van der Waals surface area contributed by atoms with Crippen molar-refractivity contribution >= 4 is 34.1 Å². The number of benzene rings is 1. The Bertz CT molecular complexity index is 960. The van der Waals surface area contributed by atoms with Crippen LogP contribution in [0.15, 0.2) is 33.5 Å². The number of hydrogen-bond donors (Lipinski definition) is 1. The van der Waals surface area contributed by atoms with Gasteiger partial charge in [0.1, 0.15) is 0 Å². The molecule has 0 atom stereocenters. The zero-order valence-corrected chi connectivity index (χ0v) is 15.0. The van der Waals surface area contributed by atoms with Gasteiger partial charge in [0.25, 0.3) is 5.56 Å². The van der Waals surface area contributed by atoms with E-state index in [9.17, 15) is 9.59 Å². The molecule has 3 rings (SSSR count). The van der Waals surface area contributed by atoms with Crippen LogP contribution in [0.3, 0.4) is 0 Å². The maximum Gasteiger partial charge on any atom is 0.310 e. The van der Waals surface area contributed by atoms with E-state index < -0.39 is 0 Å². The highest BCUT2D eigenvalue weighted by molar-refractivity contribution is 9.10. The fraction of sp³-hybridized carbons (Fsp3) is 0.263. The Morgan fingerprint density at radius 2 is 2.08 bits per heavy atom. The second kappa shape index (κ2) is 7.18. The van der Waals surface area contributed by atoms with Crippen molar-refractivity contribution < 1.29 is 9.53 Å². The lowest BCUT2D eigenvalue weighted by Crippen LogP contribution is -2.40. The number of halogens is 1. The van der Waals surface area contributed by atoms with Crippen molar-refractivity contribution in [3.05, 3.63) is 55.2 Å². The first kappa shape index (κ1) is 16.7. The number of hydrogen-bond acceptors (Lipinski definition) is 3. The Morgan fingerprint density at radius 3 is 2.83 bits per heavy atom. The summed E-state index contributed by atoms with van der Waals surface area (Å²) >= 11 is 3.48. The van der Waals surface area contributed by atoms with E-state index in [0.717, 1.165) is 39.0 Å². The van der Waals surface area contributed by atoms with Gasteiger partial charge >= 0.3 is 5.97 Å². The first-order valence-electron chi connectivity index (χ1n) is 7.97. The third-order valence-electron chi connectivity index (χ3n) is 3.99. The molecule has 0 saturated heterocycles. The van der Waals surface area contributed by atoms with E-state index in [1.165, 1.54) is 0 Å². The lowest BCUT2D eigenvalue weighted by Gasteiger charge is -2.13. The van der Waals surface area contributed by atoms with Gasteiger partial charge in [-0.2, -0.15) is 0 Å². The lowest BCUT2D eigenvalue weighted by molar-refractivity contribution is -0.142. The normalized spacial score (nSPS) is 12.8. The van der Waals surface area contributed by atoms with Crippen LogP contribution in [0.5, 0.6) is 0 Å². The molecule has 5 heteroatoms. The molecule has 1 aromatic heterocycles.